The van der Waals surface area contributed by atoms with Crippen molar-refractivity contribution >= 4 is 6.08 Å². The molecule has 0 unspecified atom stereocenters. The molecule has 0 atom stereocenters. The molecule has 5 heteroatoms. The lowest BCUT2D eigenvalue weighted by molar-refractivity contribution is 0.625. The van der Waals surface area contributed by atoms with E-state index in [4.69, 9.17) is 0 Å². The summed E-state index contributed by atoms with van der Waals surface area (Å²) < 4.78 is 14.2. The molecule has 4 nitrogen and oxygen atoms in total. The summed E-state index contributed by atoms with van der Waals surface area (Å²) in [7, 11) is 0. The second kappa shape index (κ2) is 5.85. The summed E-state index contributed by atoms with van der Waals surface area (Å²) in [5.74, 6) is -0.480. The van der Waals surface area contributed by atoms with Gasteiger partial charge in [0.15, 0.2) is 0 Å². The molecule has 0 saturated heterocycles. The Morgan fingerprint density at radius 1 is 1.12 bits per heavy atom. The first-order valence-corrected chi connectivity index (χ1v) is 7.72. The van der Waals surface area contributed by atoms with Gasteiger partial charge in [-0.1, -0.05) is 24.3 Å². The quantitative estimate of drug-likeness (QED) is 0.785. The molecule has 24 heavy (non-hydrogen) atoms. The number of fused-ring (bicyclic) bond motifs is 1. The van der Waals surface area contributed by atoms with Crippen molar-refractivity contribution < 1.29 is 4.39 Å². The molecule has 0 saturated carbocycles. The van der Waals surface area contributed by atoms with Gasteiger partial charge in [-0.25, -0.2) is 9.49 Å². The highest BCUT2D eigenvalue weighted by Crippen LogP contribution is 2.32. The van der Waals surface area contributed by atoms with Crippen LogP contribution >= 0.6 is 0 Å². The number of nitrogens with one attached hydrogen (secondary N) is 1. The van der Waals surface area contributed by atoms with Gasteiger partial charge in [0, 0.05) is 29.0 Å². The topological polar surface area (TPSA) is 58.6 Å². The van der Waals surface area contributed by atoms with Crippen molar-refractivity contribution in [1.29, 1.82) is 0 Å². The van der Waals surface area contributed by atoms with Gasteiger partial charge >= 0.3 is 0 Å². The number of halogens is 1. The van der Waals surface area contributed by atoms with Crippen LogP contribution in [0.15, 0.2) is 53.6 Å². The summed E-state index contributed by atoms with van der Waals surface area (Å²) in [6.45, 7) is 0. The van der Waals surface area contributed by atoms with E-state index in [-0.39, 0.29) is 5.56 Å². The van der Waals surface area contributed by atoms with Crippen LogP contribution in [0, 0.1) is 5.82 Å². The molecule has 0 fully saturated rings. The van der Waals surface area contributed by atoms with E-state index in [0.717, 1.165) is 24.6 Å². The lowest BCUT2D eigenvalue weighted by atomic mass is 9.93. The average Bonchev–Trinajstić information content (AvgIpc) is 2.62. The summed E-state index contributed by atoms with van der Waals surface area (Å²) in [4.78, 5) is 15.5. The average molecular weight is 319 g/mol. The van der Waals surface area contributed by atoms with Crippen molar-refractivity contribution in [2.45, 2.75) is 12.8 Å². The molecule has 0 amide bonds. The Hall–Kier alpha value is -3.08. The van der Waals surface area contributed by atoms with Gasteiger partial charge in [-0.3, -0.25) is 9.78 Å². The number of pyridine rings is 1. The number of rotatable bonds is 2. The van der Waals surface area contributed by atoms with E-state index in [2.05, 4.69) is 33.4 Å². The van der Waals surface area contributed by atoms with Crippen LogP contribution in [0.4, 0.5) is 4.39 Å². The minimum atomic E-state index is -0.480. The van der Waals surface area contributed by atoms with Crippen molar-refractivity contribution in [2.24, 2.45) is 0 Å². The molecule has 0 radical (unpaired) electrons. The second-order valence-corrected chi connectivity index (χ2v) is 5.70. The smallest absolute Gasteiger partial charge is 0.264 e. The van der Waals surface area contributed by atoms with Crippen LogP contribution in [-0.2, 0) is 6.42 Å². The number of nitrogens with zero attached hydrogens (tertiary/aromatic N) is 2. The van der Waals surface area contributed by atoms with E-state index >= 15 is 0 Å². The molecule has 2 heterocycles. The molecule has 0 bridgehead atoms. The predicted molar refractivity (Wildman–Crippen MR) is 90.8 cm³/mol. The van der Waals surface area contributed by atoms with Crippen LogP contribution in [0.25, 0.3) is 28.5 Å². The lowest BCUT2D eigenvalue weighted by Gasteiger charge is -2.14. The third-order valence-corrected chi connectivity index (χ3v) is 4.17. The van der Waals surface area contributed by atoms with Crippen molar-refractivity contribution in [3.05, 3.63) is 76.1 Å². The van der Waals surface area contributed by atoms with E-state index in [1.807, 2.05) is 12.1 Å². The van der Waals surface area contributed by atoms with E-state index in [1.165, 1.54) is 23.4 Å². The molecule has 2 aromatic heterocycles. The largest absolute Gasteiger partial charge is 0.268 e. The van der Waals surface area contributed by atoms with Gasteiger partial charge < -0.3 is 0 Å². The monoisotopic (exact) mass is 319 g/mol. The standard InChI is InChI=1S/C19H14FN3O/c20-17-11-21-8-7-15(17)16-10-18(24)22-23-19(16)14-6-5-12-3-1-2-4-13(12)9-14/h1,3,5-11H,2,4H2,(H,22,24). The molecule has 0 aliphatic heterocycles. The normalized spacial score (nSPS) is 12.9. The minimum Gasteiger partial charge on any atom is -0.268 e. The number of hydrogen-bond donors (Lipinski definition) is 1. The van der Waals surface area contributed by atoms with Gasteiger partial charge in [0.05, 0.1) is 11.9 Å². The highest BCUT2D eigenvalue weighted by Gasteiger charge is 2.15. The second-order valence-electron chi connectivity index (χ2n) is 5.70. The molecule has 1 aromatic carbocycles. The lowest BCUT2D eigenvalue weighted by Crippen LogP contribution is -2.09. The first kappa shape index (κ1) is 14.5. The fraction of sp³-hybridized carbons (Fsp3) is 0.105. The molecular weight excluding hydrogens is 305 g/mol. The van der Waals surface area contributed by atoms with Crippen LogP contribution < -0.4 is 5.56 Å². The van der Waals surface area contributed by atoms with E-state index in [0.29, 0.717) is 16.8 Å². The summed E-state index contributed by atoms with van der Waals surface area (Å²) in [5.41, 5.74) is 4.23. The van der Waals surface area contributed by atoms with E-state index in [9.17, 15) is 9.18 Å². The maximum atomic E-state index is 14.2. The van der Waals surface area contributed by atoms with Crippen LogP contribution in [-0.4, -0.2) is 15.2 Å². The van der Waals surface area contributed by atoms with Gasteiger partial charge in [-0.15, -0.1) is 0 Å². The molecule has 3 aromatic rings. The van der Waals surface area contributed by atoms with Crippen molar-refractivity contribution in [3.63, 3.8) is 0 Å². The molecular formula is C19H14FN3O. The van der Waals surface area contributed by atoms with Crippen molar-refractivity contribution in [3.8, 4) is 22.4 Å². The summed E-state index contributed by atoms with van der Waals surface area (Å²) in [6.07, 6.45) is 8.85. The maximum Gasteiger partial charge on any atom is 0.264 e. The number of aromatic nitrogens is 3. The Morgan fingerprint density at radius 3 is 2.92 bits per heavy atom. The van der Waals surface area contributed by atoms with Gasteiger partial charge in [-0.2, -0.15) is 5.10 Å². The van der Waals surface area contributed by atoms with Gasteiger partial charge in [0.2, 0.25) is 0 Å². The number of aromatic amines is 1. The van der Waals surface area contributed by atoms with Crippen LogP contribution in [0.5, 0.6) is 0 Å². The summed E-state index contributed by atoms with van der Waals surface area (Å²) in [6, 6.07) is 8.95. The zero-order chi connectivity index (χ0) is 16.5. The molecule has 1 aliphatic carbocycles. The highest BCUT2D eigenvalue weighted by molar-refractivity contribution is 5.81. The van der Waals surface area contributed by atoms with Gasteiger partial charge in [0.25, 0.3) is 5.56 Å². The van der Waals surface area contributed by atoms with Crippen LogP contribution in [0.1, 0.15) is 17.5 Å². The Kier molecular flexibility index (Phi) is 3.54. The zero-order valence-electron chi connectivity index (χ0n) is 12.8. The third-order valence-electron chi connectivity index (χ3n) is 4.17. The molecule has 0 spiro atoms. The minimum absolute atomic E-state index is 0.316. The maximum absolute atomic E-state index is 14.2. The fourth-order valence-corrected chi connectivity index (χ4v) is 3.00. The Morgan fingerprint density at radius 2 is 2.04 bits per heavy atom. The predicted octanol–water partition coefficient (Wildman–Crippen LogP) is 3.60. The first-order chi connectivity index (χ1) is 11.7. The Balaban J connectivity index is 1.92. The molecule has 4 rings (SSSR count). The van der Waals surface area contributed by atoms with Crippen molar-refractivity contribution in [1.82, 2.24) is 15.2 Å². The number of benzene rings is 1. The fourth-order valence-electron chi connectivity index (χ4n) is 3.00. The van der Waals surface area contributed by atoms with Crippen LogP contribution in [0.2, 0.25) is 0 Å². The first-order valence-electron chi connectivity index (χ1n) is 7.72. The summed E-state index contributed by atoms with van der Waals surface area (Å²) in [5, 5.41) is 6.62. The molecule has 1 aliphatic rings. The number of hydrogen-bond acceptors (Lipinski definition) is 3. The number of H-pyrrole nitrogens is 1. The van der Waals surface area contributed by atoms with Crippen LogP contribution in [0.3, 0.4) is 0 Å². The number of allylic oxidation sites excluding steroid dienone is 1. The Bertz CT molecular complexity index is 1010. The third kappa shape index (κ3) is 2.54. The molecule has 1 N–H and O–H groups in total. The van der Waals surface area contributed by atoms with Crippen molar-refractivity contribution in [2.75, 3.05) is 0 Å². The highest BCUT2D eigenvalue weighted by atomic mass is 19.1. The summed E-state index contributed by atoms with van der Waals surface area (Å²) >= 11 is 0. The van der Waals surface area contributed by atoms with Gasteiger partial charge in [-0.05, 0) is 36.1 Å². The number of aryl methyl sites for hydroxylation is 1. The van der Waals surface area contributed by atoms with Gasteiger partial charge in [0.1, 0.15) is 5.82 Å². The van der Waals surface area contributed by atoms with E-state index in [1.54, 1.807) is 6.07 Å². The zero-order valence-corrected chi connectivity index (χ0v) is 12.8. The SMILES string of the molecule is O=c1cc(-c2ccncc2F)c(-c2ccc3c(c2)CCC=C3)n[nH]1. The Labute approximate surface area is 137 Å². The molecule has 118 valence electrons. The van der Waals surface area contributed by atoms with E-state index < -0.39 is 5.82 Å².